The molecule has 0 bridgehead atoms. The lowest BCUT2D eigenvalue weighted by atomic mass is 10.1. The van der Waals surface area contributed by atoms with E-state index in [1.165, 1.54) is 5.56 Å². The summed E-state index contributed by atoms with van der Waals surface area (Å²) in [7, 11) is 0. The van der Waals surface area contributed by atoms with Gasteiger partial charge in [-0.1, -0.05) is 0 Å². The number of hydrogen-bond donors (Lipinski definition) is 1. The Balaban J connectivity index is 1.40. The van der Waals surface area contributed by atoms with E-state index >= 15 is 0 Å². The highest BCUT2D eigenvalue weighted by Crippen LogP contribution is 2.32. The van der Waals surface area contributed by atoms with Gasteiger partial charge in [-0.3, -0.25) is 4.98 Å². The summed E-state index contributed by atoms with van der Waals surface area (Å²) in [6, 6.07) is 10.2. The lowest BCUT2D eigenvalue weighted by Crippen LogP contribution is -2.26. The molecule has 2 aliphatic rings. The molecule has 1 aliphatic heterocycles. The molecule has 0 radical (unpaired) electrons. The highest BCUT2D eigenvalue weighted by molar-refractivity contribution is 5.66. The maximum atomic E-state index is 6.20. The lowest BCUT2D eigenvalue weighted by Gasteiger charge is -2.24. The minimum atomic E-state index is 0.240. The second-order valence-electron chi connectivity index (χ2n) is 7.95. The molecule has 3 heterocycles. The minimum absolute atomic E-state index is 0.240. The predicted molar refractivity (Wildman–Crippen MR) is 116 cm³/mol. The Bertz CT molecular complexity index is 1030. The van der Waals surface area contributed by atoms with E-state index in [-0.39, 0.29) is 6.10 Å². The third-order valence-electron chi connectivity index (χ3n) is 5.77. The van der Waals surface area contributed by atoms with Crippen molar-refractivity contribution >= 4 is 11.5 Å². The van der Waals surface area contributed by atoms with E-state index in [0.29, 0.717) is 0 Å². The van der Waals surface area contributed by atoms with Gasteiger partial charge in [0.1, 0.15) is 17.7 Å². The van der Waals surface area contributed by atoms with E-state index in [0.717, 1.165) is 85.2 Å². The Morgan fingerprint density at radius 1 is 1.03 bits per heavy atom. The highest BCUT2D eigenvalue weighted by atomic mass is 16.5. The van der Waals surface area contributed by atoms with Crippen molar-refractivity contribution < 1.29 is 9.47 Å². The van der Waals surface area contributed by atoms with Crippen LogP contribution in [-0.4, -0.2) is 34.3 Å². The molecule has 0 saturated carbocycles. The molecule has 154 valence electrons. The molecule has 6 heteroatoms. The average Bonchev–Trinajstić information content (AvgIpc) is 3.26. The van der Waals surface area contributed by atoms with Crippen LogP contribution < -0.4 is 10.1 Å². The number of benzene rings is 1. The number of nitrogens with one attached hydrogen (secondary N) is 1. The molecule has 1 fully saturated rings. The van der Waals surface area contributed by atoms with E-state index in [4.69, 9.17) is 19.4 Å². The van der Waals surface area contributed by atoms with Gasteiger partial charge in [0.05, 0.1) is 13.2 Å². The van der Waals surface area contributed by atoms with E-state index in [1.807, 2.05) is 12.1 Å². The topological polar surface area (TPSA) is 69.2 Å². The summed E-state index contributed by atoms with van der Waals surface area (Å²) < 4.78 is 11.6. The van der Waals surface area contributed by atoms with Crippen LogP contribution in [0.2, 0.25) is 0 Å². The van der Waals surface area contributed by atoms with Gasteiger partial charge in [0.15, 0.2) is 5.82 Å². The summed E-state index contributed by atoms with van der Waals surface area (Å²) in [4.78, 5) is 13.8. The van der Waals surface area contributed by atoms with Crippen LogP contribution in [0.1, 0.15) is 36.1 Å². The highest BCUT2D eigenvalue weighted by Gasteiger charge is 2.21. The molecule has 1 saturated heterocycles. The molecule has 1 aliphatic carbocycles. The summed E-state index contributed by atoms with van der Waals surface area (Å²) >= 11 is 0. The van der Waals surface area contributed by atoms with Gasteiger partial charge >= 0.3 is 0 Å². The van der Waals surface area contributed by atoms with Crippen LogP contribution in [-0.2, 0) is 17.6 Å². The first kappa shape index (κ1) is 19.0. The molecular weight excluding hydrogens is 376 g/mol. The summed E-state index contributed by atoms with van der Waals surface area (Å²) in [6.45, 7) is 3.65. The number of rotatable bonds is 5. The summed E-state index contributed by atoms with van der Waals surface area (Å²) in [5.41, 5.74) is 5.49. The Hall–Kier alpha value is -2.99. The third-order valence-corrected chi connectivity index (χ3v) is 5.77. The van der Waals surface area contributed by atoms with Crippen LogP contribution in [0.5, 0.6) is 5.75 Å². The molecule has 1 aromatic carbocycles. The van der Waals surface area contributed by atoms with Gasteiger partial charge in [-0.15, -0.1) is 0 Å². The smallest absolute Gasteiger partial charge is 0.161 e. The fourth-order valence-corrected chi connectivity index (χ4v) is 4.14. The van der Waals surface area contributed by atoms with Crippen molar-refractivity contribution in [3.8, 4) is 17.1 Å². The zero-order valence-corrected chi connectivity index (χ0v) is 17.2. The van der Waals surface area contributed by atoms with Crippen LogP contribution in [0.3, 0.4) is 0 Å². The Kier molecular flexibility index (Phi) is 5.32. The van der Waals surface area contributed by atoms with Gasteiger partial charge in [-0.25, -0.2) is 9.97 Å². The van der Waals surface area contributed by atoms with Crippen LogP contribution in [0.4, 0.5) is 11.5 Å². The maximum Gasteiger partial charge on any atom is 0.161 e. The quantitative estimate of drug-likeness (QED) is 0.671. The zero-order valence-electron chi connectivity index (χ0n) is 17.2. The van der Waals surface area contributed by atoms with Crippen LogP contribution in [0.25, 0.3) is 11.4 Å². The molecule has 0 unspecified atom stereocenters. The first-order valence-electron chi connectivity index (χ1n) is 10.7. The molecular formula is C24H26N4O2. The monoisotopic (exact) mass is 402 g/mol. The molecule has 2 aromatic heterocycles. The number of aromatic nitrogens is 3. The lowest BCUT2D eigenvalue weighted by molar-refractivity contribution is 0.0253. The van der Waals surface area contributed by atoms with Gasteiger partial charge < -0.3 is 14.8 Å². The molecule has 1 N–H and O–H groups in total. The Labute approximate surface area is 176 Å². The first-order valence-corrected chi connectivity index (χ1v) is 10.7. The van der Waals surface area contributed by atoms with Crippen molar-refractivity contribution in [2.24, 2.45) is 0 Å². The predicted octanol–water partition coefficient (Wildman–Crippen LogP) is 4.64. The summed E-state index contributed by atoms with van der Waals surface area (Å²) in [5, 5.41) is 3.54. The number of anilines is 2. The van der Waals surface area contributed by atoms with Gasteiger partial charge in [-0.05, 0) is 62.1 Å². The van der Waals surface area contributed by atoms with Gasteiger partial charge in [-0.2, -0.15) is 0 Å². The maximum absolute atomic E-state index is 6.20. The van der Waals surface area contributed by atoms with Gasteiger partial charge in [0.25, 0.3) is 0 Å². The molecule has 5 rings (SSSR count). The van der Waals surface area contributed by atoms with Crippen molar-refractivity contribution in [2.75, 3.05) is 18.5 Å². The van der Waals surface area contributed by atoms with Crippen molar-refractivity contribution in [3.63, 3.8) is 0 Å². The number of pyridine rings is 1. The second kappa shape index (κ2) is 8.40. The van der Waals surface area contributed by atoms with Gasteiger partial charge in [0.2, 0.25) is 0 Å². The Morgan fingerprint density at radius 2 is 1.87 bits per heavy atom. The standard InChI is InChI=1S/C24H26N4O2/c1-16-15-18(5-6-22(16)30-19-9-13-29-14-10-19)26-24-20-3-2-4-21(20)27-23(28-24)17-7-11-25-12-8-17/h5-8,11-12,15,19H,2-4,9-10,13-14H2,1H3,(H,26,27,28). The summed E-state index contributed by atoms with van der Waals surface area (Å²) in [5.74, 6) is 2.59. The van der Waals surface area contributed by atoms with E-state index in [9.17, 15) is 0 Å². The van der Waals surface area contributed by atoms with E-state index in [1.54, 1.807) is 12.4 Å². The number of hydrogen-bond acceptors (Lipinski definition) is 6. The fourth-order valence-electron chi connectivity index (χ4n) is 4.14. The largest absolute Gasteiger partial charge is 0.490 e. The van der Waals surface area contributed by atoms with Crippen LogP contribution in [0, 0.1) is 6.92 Å². The number of ether oxygens (including phenoxy) is 2. The van der Waals surface area contributed by atoms with Crippen LogP contribution in [0.15, 0.2) is 42.7 Å². The Morgan fingerprint density at radius 3 is 2.67 bits per heavy atom. The molecule has 3 aromatic rings. The van der Waals surface area contributed by atoms with Crippen molar-refractivity contribution in [1.29, 1.82) is 0 Å². The summed E-state index contributed by atoms with van der Waals surface area (Å²) in [6.07, 6.45) is 8.83. The third kappa shape index (κ3) is 4.00. The molecule has 0 spiro atoms. The van der Waals surface area contributed by atoms with E-state index in [2.05, 4.69) is 35.4 Å². The molecule has 6 nitrogen and oxygen atoms in total. The second-order valence-corrected chi connectivity index (χ2v) is 7.95. The number of nitrogens with zero attached hydrogens (tertiary/aromatic N) is 3. The number of fused-ring (bicyclic) bond motifs is 1. The average molecular weight is 402 g/mol. The zero-order chi connectivity index (χ0) is 20.3. The SMILES string of the molecule is Cc1cc(Nc2nc(-c3ccncc3)nc3c2CCC3)ccc1OC1CCOCC1. The first-order chi connectivity index (χ1) is 14.8. The number of aryl methyl sites for hydroxylation is 2. The van der Waals surface area contributed by atoms with Crippen molar-refractivity contribution in [2.45, 2.75) is 45.1 Å². The molecule has 0 atom stereocenters. The van der Waals surface area contributed by atoms with Crippen molar-refractivity contribution in [1.82, 2.24) is 15.0 Å². The van der Waals surface area contributed by atoms with Crippen LogP contribution >= 0.6 is 0 Å². The fraction of sp³-hybridized carbons (Fsp3) is 0.375. The normalized spacial score (nSPS) is 16.3. The van der Waals surface area contributed by atoms with E-state index < -0.39 is 0 Å². The molecule has 30 heavy (non-hydrogen) atoms. The molecule has 0 amide bonds. The minimum Gasteiger partial charge on any atom is -0.490 e. The van der Waals surface area contributed by atoms with Gasteiger partial charge in [0, 0.05) is 47.7 Å². The van der Waals surface area contributed by atoms with Crippen molar-refractivity contribution in [3.05, 3.63) is 59.5 Å².